The van der Waals surface area contributed by atoms with Crippen LogP contribution in [0.5, 0.6) is 5.75 Å². The highest BCUT2D eigenvalue weighted by Crippen LogP contribution is 2.27. The minimum absolute atomic E-state index is 0.961. The number of ether oxygens (including phenoxy) is 1. The average Bonchev–Trinajstić information content (AvgIpc) is 2.20. The van der Waals surface area contributed by atoms with Crippen LogP contribution in [0.1, 0.15) is 11.1 Å². The lowest BCUT2D eigenvalue weighted by atomic mass is 10.0. The molecule has 0 N–H and O–H groups in total. The number of hydrogen-bond donors (Lipinski definition) is 0. The average molecular weight is 186 g/mol. The highest BCUT2D eigenvalue weighted by molar-refractivity contribution is 5.88. The number of methoxy groups -OCH3 is 1. The summed E-state index contributed by atoms with van der Waals surface area (Å²) in [7, 11) is 1.71. The molecule has 72 valence electrons. The maximum Gasteiger partial charge on any atom is 0.122 e. The van der Waals surface area contributed by atoms with Gasteiger partial charge in [0.15, 0.2) is 0 Å². The molecule has 0 aliphatic heterocycles. The molecule has 14 heavy (non-hydrogen) atoms. The second kappa shape index (κ2) is 3.33. The molecule has 0 unspecified atom stereocenters. The van der Waals surface area contributed by atoms with Crippen molar-refractivity contribution in [2.24, 2.45) is 0 Å². The molecular formula is C13H14O. The summed E-state index contributed by atoms with van der Waals surface area (Å²) in [6.07, 6.45) is 0. The molecule has 0 saturated heterocycles. The van der Waals surface area contributed by atoms with Gasteiger partial charge in [-0.15, -0.1) is 0 Å². The van der Waals surface area contributed by atoms with Gasteiger partial charge in [-0.25, -0.2) is 0 Å². The molecule has 2 aromatic rings. The van der Waals surface area contributed by atoms with Gasteiger partial charge >= 0.3 is 0 Å². The molecule has 0 fully saturated rings. The van der Waals surface area contributed by atoms with Gasteiger partial charge in [0, 0.05) is 0 Å². The lowest BCUT2D eigenvalue weighted by Crippen LogP contribution is -1.88. The quantitative estimate of drug-likeness (QED) is 0.662. The maximum atomic E-state index is 5.29. The van der Waals surface area contributed by atoms with Crippen LogP contribution >= 0.6 is 0 Å². The smallest absolute Gasteiger partial charge is 0.122 e. The van der Waals surface area contributed by atoms with E-state index in [-0.39, 0.29) is 0 Å². The van der Waals surface area contributed by atoms with Gasteiger partial charge in [-0.1, -0.05) is 29.8 Å². The Balaban J connectivity index is 2.79. The van der Waals surface area contributed by atoms with Gasteiger partial charge in [0.05, 0.1) is 7.11 Å². The summed E-state index contributed by atoms with van der Waals surface area (Å²) in [6, 6.07) is 10.6. The van der Waals surface area contributed by atoms with E-state index >= 15 is 0 Å². The van der Waals surface area contributed by atoms with Crippen LogP contribution in [0, 0.1) is 13.8 Å². The fourth-order valence-electron chi connectivity index (χ4n) is 1.78. The third kappa shape index (κ3) is 1.35. The molecule has 0 saturated carbocycles. The van der Waals surface area contributed by atoms with Crippen LogP contribution in [0.3, 0.4) is 0 Å². The van der Waals surface area contributed by atoms with E-state index in [1.165, 1.54) is 21.9 Å². The largest absolute Gasteiger partial charge is 0.496 e. The van der Waals surface area contributed by atoms with Crippen molar-refractivity contribution in [3.63, 3.8) is 0 Å². The second-order valence-corrected chi connectivity index (χ2v) is 3.62. The monoisotopic (exact) mass is 186 g/mol. The molecule has 0 radical (unpaired) electrons. The molecular weight excluding hydrogens is 172 g/mol. The number of rotatable bonds is 1. The highest BCUT2D eigenvalue weighted by Gasteiger charge is 2.02. The zero-order chi connectivity index (χ0) is 10.1. The number of benzene rings is 2. The van der Waals surface area contributed by atoms with Crippen LogP contribution in [-0.2, 0) is 0 Å². The molecule has 0 amide bonds. The summed E-state index contributed by atoms with van der Waals surface area (Å²) in [5, 5.41) is 2.55. The third-order valence-electron chi connectivity index (χ3n) is 2.62. The van der Waals surface area contributed by atoms with E-state index < -0.39 is 0 Å². The molecule has 0 aromatic heterocycles. The first-order chi connectivity index (χ1) is 6.72. The number of aryl methyl sites for hydroxylation is 2. The Labute approximate surface area is 84.3 Å². The first kappa shape index (κ1) is 9.07. The first-order valence-corrected chi connectivity index (χ1v) is 4.76. The standard InChI is InChI=1S/C13H14O/c1-9-4-5-11-6-7-13(14-3)10(2)12(11)8-9/h4-8H,1-3H3. The fraction of sp³-hybridized carbons (Fsp3) is 0.231. The number of fused-ring (bicyclic) bond motifs is 1. The minimum atomic E-state index is 0.961. The van der Waals surface area contributed by atoms with Gasteiger partial charge in [-0.05, 0) is 36.2 Å². The molecule has 0 aliphatic rings. The van der Waals surface area contributed by atoms with Crippen LogP contribution in [0.2, 0.25) is 0 Å². The van der Waals surface area contributed by atoms with E-state index in [1.54, 1.807) is 7.11 Å². The molecule has 0 bridgehead atoms. The van der Waals surface area contributed by atoms with Gasteiger partial charge in [0.2, 0.25) is 0 Å². The van der Waals surface area contributed by atoms with Crippen LogP contribution < -0.4 is 4.74 Å². The normalized spacial score (nSPS) is 10.5. The second-order valence-electron chi connectivity index (χ2n) is 3.62. The zero-order valence-corrected chi connectivity index (χ0v) is 8.79. The maximum absolute atomic E-state index is 5.29. The van der Waals surface area contributed by atoms with E-state index in [0.29, 0.717) is 0 Å². The van der Waals surface area contributed by atoms with Gasteiger partial charge in [0.1, 0.15) is 5.75 Å². The Morgan fingerprint density at radius 3 is 2.43 bits per heavy atom. The Morgan fingerprint density at radius 1 is 1.00 bits per heavy atom. The van der Waals surface area contributed by atoms with Crippen LogP contribution in [-0.4, -0.2) is 7.11 Å². The van der Waals surface area contributed by atoms with E-state index in [1.807, 2.05) is 6.07 Å². The SMILES string of the molecule is COc1ccc2ccc(C)cc2c1C. The van der Waals surface area contributed by atoms with Crippen LogP contribution in [0.4, 0.5) is 0 Å². The molecule has 0 spiro atoms. The number of hydrogen-bond acceptors (Lipinski definition) is 1. The predicted octanol–water partition coefficient (Wildman–Crippen LogP) is 3.47. The van der Waals surface area contributed by atoms with E-state index in [0.717, 1.165) is 5.75 Å². The van der Waals surface area contributed by atoms with Crippen molar-refractivity contribution in [2.45, 2.75) is 13.8 Å². The van der Waals surface area contributed by atoms with Crippen molar-refractivity contribution < 1.29 is 4.74 Å². The van der Waals surface area contributed by atoms with Crippen LogP contribution in [0.25, 0.3) is 10.8 Å². The molecule has 2 aromatic carbocycles. The fourth-order valence-corrected chi connectivity index (χ4v) is 1.78. The van der Waals surface area contributed by atoms with Crippen molar-refractivity contribution in [3.8, 4) is 5.75 Å². The zero-order valence-electron chi connectivity index (χ0n) is 8.79. The highest BCUT2D eigenvalue weighted by atomic mass is 16.5. The third-order valence-corrected chi connectivity index (χ3v) is 2.62. The predicted molar refractivity (Wildman–Crippen MR) is 60.0 cm³/mol. The van der Waals surface area contributed by atoms with E-state index in [4.69, 9.17) is 4.74 Å². The molecule has 0 heterocycles. The minimum Gasteiger partial charge on any atom is -0.496 e. The van der Waals surface area contributed by atoms with Gasteiger partial charge in [-0.3, -0.25) is 0 Å². The van der Waals surface area contributed by atoms with Crippen LogP contribution in [0.15, 0.2) is 30.3 Å². The summed E-state index contributed by atoms with van der Waals surface area (Å²) in [5.41, 5.74) is 2.50. The Kier molecular flexibility index (Phi) is 2.16. The summed E-state index contributed by atoms with van der Waals surface area (Å²) in [4.78, 5) is 0. The molecule has 2 rings (SSSR count). The van der Waals surface area contributed by atoms with Crippen molar-refractivity contribution >= 4 is 10.8 Å². The molecule has 0 aliphatic carbocycles. The van der Waals surface area contributed by atoms with Crippen molar-refractivity contribution in [1.29, 1.82) is 0 Å². The Bertz CT molecular complexity index is 472. The summed E-state index contributed by atoms with van der Waals surface area (Å²) in [6.45, 7) is 4.21. The Hall–Kier alpha value is -1.50. The van der Waals surface area contributed by atoms with Gasteiger partial charge in [0.25, 0.3) is 0 Å². The van der Waals surface area contributed by atoms with Gasteiger partial charge < -0.3 is 4.74 Å². The van der Waals surface area contributed by atoms with Crippen molar-refractivity contribution in [2.75, 3.05) is 7.11 Å². The van der Waals surface area contributed by atoms with E-state index in [9.17, 15) is 0 Å². The van der Waals surface area contributed by atoms with Crippen molar-refractivity contribution in [3.05, 3.63) is 41.5 Å². The summed E-state index contributed by atoms with van der Waals surface area (Å²) >= 11 is 0. The first-order valence-electron chi connectivity index (χ1n) is 4.76. The lowest BCUT2D eigenvalue weighted by molar-refractivity contribution is 0.412. The van der Waals surface area contributed by atoms with E-state index in [2.05, 4.69) is 38.1 Å². The molecule has 0 atom stereocenters. The summed E-state index contributed by atoms with van der Waals surface area (Å²) in [5.74, 6) is 0.961. The lowest BCUT2D eigenvalue weighted by Gasteiger charge is -2.08. The topological polar surface area (TPSA) is 9.23 Å². The Morgan fingerprint density at radius 2 is 1.71 bits per heavy atom. The summed E-state index contributed by atoms with van der Waals surface area (Å²) < 4.78 is 5.29. The molecule has 1 heteroatoms. The van der Waals surface area contributed by atoms with Crippen molar-refractivity contribution in [1.82, 2.24) is 0 Å². The molecule has 1 nitrogen and oxygen atoms in total. The van der Waals surface area contributed by atoms with Gasteiger partial charge in [-0.2, -0.15) is 0 Å².